The molecule has 2 heterocycles. The van der Waals surface area contributed by atoms with Gasteiger partial charge in [0.25, 0.3) is 5.91 Å². The van der Waals surface area contributed by atoms with Crippen molar-refractivity contribution in [3.63, 3.8) is 0 Å². The minimum Gasteiger partial charge on any atom is -0.390 e. The monoisotopic (exact) mass is 392 g/mol. The molecule has 1 aliphatic heterocycles. The molecule has 0 spiro atoms. The van der Waals surface area contributed by atoms with E-state index in [0.717, 1.165) is 62.3 Å². The van der Waals surface area contributed by atoms with Gasteiger partial charge in [-0.15, -0.1) is 11.3 Å². The Morgan fingerprint density at radius 3 is 2.78 bits per heavy atom. The van der Waals surface area contributed by atoms with Crippen molar-refractivity contribution < 1.29 is 19.4 Å². The quantitative estimate of drug-likeness (QED) is 0.805. The Bertz CT molecular complexity index is 714. The number of hydrogen-bond acceptors (Lipinski definition) is 6. The predicted molar refractivity (Wildman–Crippen MR) is 101 cm³/mol. The standard InChI is InChI=1S/C20H28N2O4S/c1-25-10-15-21-17(14-3-2-4-26-14)18(27-15)19(23)22-16-12-5-11-6-13(16)9-20(24,7-11)8-12/h11-14,16,24H,2-10H2,1H3,(H,22,23)/t11?,12?,13?,14-,16?,20?/m1/s1. The first-order valence-electron chi connectivity index (χ1n) is 10.2. The largest absolute Gasteiger partial charge is 0.390 e. The van der Waals surface area contributed by atoms with Gasteiger partial charge in [0.05, 0.1) is 17.9 Å². The van der Waals surface area contributed by atoms with Gasteiger partial charge in [0.15, 0.2) is 0 Å². The molecule has 0 aromatic carbocycles. The topological polar surface area (TPSA) is 80.7 Å². The highest BCUT2D eigenvalue weighted by Gasteiger charge is 2.55. The van der Waals surface area contributed by atoms with E-state index in [1.165, 1.54) is 11.3 Å². The number of carbonyl (C=O) groups is 1. The van der Waals surface area contributed by atoms with Crippen LogP contribution in [0.2, 0.25) is 0 Å². The molecule has 3 atom stereocenters. The first-order valence-corrected chi connectivity index (χ1v) is 11.0. The van der Waals surface area contributed by atoms with Crippen LogP contribution >= 0.6 is 11.3 Å². The summed E-state index contributed by atoms with van der Waals surface area (Å²) in [6.07, 6.45) is 6.75. The molecule has 1 amide bonds. The summed E-state index contributed by atoms with van der Waals surface area (Å²) in [6.45, 7) is 1.15. The molecular weight excluding hydrogens is 364 g/mol. The van der Waals surface area contributed by atoms with Crippen LogP contribution in [0.5, 0.6) is 0 Å². The summed E-state index contributed by atoms with van der Waals surface area (Å²) in [7, 11) is 1.64. The molecule has 5 fully saturated rings. The van der Waals surface area contributed by atoms with Crippen LogP contribution in [-0.2, 0) is 16.1 Å². The Hall–Kier alpha value is -1.02. The number of nitrogens with one attached hydrogen (secondary N) is 1. The van der Waals surface area contributed by atoms with Crippen molar-refractivity contribution in [1.82, 2.24) is 10.3 Å². The summed E-state index contributed by atoms with van der Waals surface area (Å²) in [5, 5.41) is 14.9. The normalized spacial score (nSPS) is 39.9. The van der Waals surface area contributed by atoms with Crippen LogP contribution in [0, 0.1) is 17.8 Å². The maximum Gasteiger partial charge on any atom is 0.263 e. The van der Waals surface area contributed by atoms with Gasteiger partial charge in [-0.05, 0) is 62.7 Å². The molecule has 148 valence electrons. The Kier molecular flexibility index (Phi) is 4.54. The fourth-order valence-electron chi connectivity index (χ4n) is 6.17. The molecular formula is C20H28N2O4S. The van der Waals surface area contributed by atoms with E-state index in [-0.39, 0.29) is 18.1 Å². The molecule has 2 unspecified atom stereocenters. The molecule has 1 aromatic heterocycles. The highest BCUT2D eigenvalue weighted by molar-refractivity contribution is 7.13. The molecule has 5 aliphatic rings. The van der Waals surface area contributed by atoms with Gasteiger partial charge >= 0.3 is 0 Å². The van der Waals surface area contributed by atoms with Crippen LogP contribution in [0.3, 0.4) is 0 Å². The number of aromatic nitrogens is 1. The maximum atomic E-state index is 13.2. The van der Waals surface area contributed by atoms with Crippen LogP contribution in [-0.4, -0.2) is 41.4 Å². The van der Waals surface area contributed by atoms with Crippen LogP contribution in [0.4, 0.5) is 0 Å². The number of nitrogens with zero attached hydrogens (tertiary/aromatic N) is 1. The average molecular weight is 393 g/mol. The summed E-state index contributed by atoms with van der Waals surface area (Å²) >= 11 is 1.43. The van der Waals surface area contributed by atoms with E-state index in [0.29, 0.717) is 29.2 Å². The number of hydrogen-bond donors (Lipinski definition) is 2. The van der Waals surface area contributed by atoms with Crippen molar-refractivity contribution in [3.8, 4) is 0 Å². The van der Waals surface area contributed by atoms with Gasteiger partial charge in [0.1, 0.15) is 16.0 Å². The van der Waals surface area contributed by atoms with Gasteiger partial charge in [-0.3, -0.25) is 4.79 Å². The Balaban J connectivity index is 1.36. The smallest absolute Gasteiger partial charge is 0.263 e. The molecule has 2 N–H and O–H groups in total. The summed E-state index contributed by atoms with van der Waals surface area (Å²) in [6, 6.07) is 0.180. The van der Waals surface area contributed by atoms with Gasteiger partial charge in [-0.2, -0.15) is 0 Å². The SMILES string of the molecule is COCc1nc([C@H]2CCCO2)c(C(=O)NC2C3CC4CC2CC(O)(C4)C3)s1. The lowest BCUT2D eigenvalue weighted by Crippen LogP contribution is -2.61. The zero-order chi connectivity index (χ0) is 18.6. The molecule has 27 heavy (non-hydrogen) atoms. The second-order valence-electron chi connectivity index (χ2n) is 8.95. The van der Waals surface area contributed by atoms with E-state index in [1.54, 1.807) is 7.11 Å². The van der Waals surface area contributed by atoms with Crippen LogP contribution in [0.1, 0.15) is 71.4 Å². The molecule has 1 saturated heterocycles. The Labute approximate surface area is 163 Å². The first-order chi connectivity index (χ1) is 13.0. The van der Waals surface area contributed by atoms with Crippen LogP contribution < -0.4 is 5.32 Å². The summed E-state index contributed by atoms with van der Waals surface area (Å²) in [5.41, 5.74) is 0.306. The van der Waals surface area contributed by atoms with Gasteiger partial charge in [-0.25, -0.2) is 4.98 Å². The number of methoxy groups -OCH3 is 1. The number of aliphatic hydroxyl groups is 1. The summed E-state index contributed by atoms with van der Waals surface area (Å²) < 4.78 is 11.0. The lowest BCUT2D eigenvalue weighted by Gasteiger charge is -2.58. The van der Waals surface area contributed by atoms with Gasteiger partial charge in [0.2, 0.25) is 0 Å². The fourth-order valence-corrected chi connectivity index (χ4v) is 7.16. The van der Waals surface area contributed by atoms with Gasteiger partial charge in [0, 0.05) is 19.8 Å². The second-order valence-corrected chi connectivity index (χ2v) is 10.0. The van der Waals surface area contributed by atoms with E-state index >= 15 is 0 Å². The number of rotatable bonds is 5. The predicted octanol–water partition coefficient (Wildman–Crippen LogP) is 2.81. The lowest BCUT2D eigenvalue weighted by atomic mass is 9.52. The first kappa shape index (κ1) is 18.0. The third-order valence-corrected chi connectivity index (χ3v) is 7.99. The highest BCUT2D eigenvalue weighted by atomic mass is 32.1. The van der Waals surface area contributed by atoms with E-state index in [1.807, 2.05) is 0 Å². The molecule has 7 heteroatoms. The number of amides is 1. The van der Waals surface area contributed by atoms with E-state index in [2.05, 4.69) is 10.3 Å². The van der Waals surface area contributed by atoms with Crippen molar-refractivity contribution in [2.24, 2.45) is 17.8 Å². The molecule has 4 aliphatic carbocycles. The van der Waals surface area contributed by atoms with Crippen LogP contribution in [0.25, 0.3) is 0 Å². The highest BCUT2D eigenvalue weighted by Crippen LogP contribution is 2.55. The van der Waals surface area contributed by atoms with Crippen molar-refractivity contribution in [2.45, 2.75) is 69.3 Å². The minimum absolute atomic E-state index is 0.0233. The van der Waals surface area contributed by atoms with Crippen molar-refractivity contribution in [1.29, 1.82) is 0 Å². The lowest BCUT2D eigenvalue weighted by molar-refractivity contribution is -0.136. The molecule has 1 aromatic rings. The fraction of sp³-hybridized carbons (Fsp3) is 0.800. The number of carbonyl (C=O) groups excluding carboxylic acids is 1. The van der Waals surface area contributed by atoms with Crippen molar-refractivity contribution in [3.05, 3.63) is 15.6 Å². The molecule has 6 rings (SSSR count). The van der Waals surface area contributed by atoms with E-state index < -0.39 is 5.60 Å². The van der Waals surface area contributed by atoms with E-state index in [4.69, 9.17) is 9.47 Å². The van der Waals surface area contributed by atoms with E-state index in [9.17, 15) is 9.90 Å². The van der Waals surface area contributed by atoms with Crippen molar-refractivity contribution in [2.75, 3.05) is 13.7 Å². The zero-order valence-corrected chi connectivity index (χ0v) is 16.6. The van der Waals surface area contributed by atoms with Crippen LogP contribution in [0.15, 0.2) is 0 Å². The average Bonchev–Trinajstić information content (AvgIpc) is 3.26. The van der Waals surface area contributed by atoms with Gasteiger partial charge in [-0.1, -0.05) is 0 Å². The third kappa shape index (κ3) is 3.22. The molecule has 6 nitrogen and oxygen atoms in total. The number of thiazole rings is 1. The molecule has 4 bridgehead atoms. The minimum atomic E-state index is -0.475. The number of ether oxygens (including phenoxy) is 2. The Morgan fingerprint density at radius 1 is 1.37 bits per heavy atom. The zero-order valence-electron chi connectivity index (χ0n) is 15.8. The second kappa shape index (κ2) is 6.79. The Morgan fingerprint density at radius 2 is 2.15 bits per heavy atom. The third-order valence-electron chi connectivity index (χ3n) is 6.94. The van der Waals surface area contributed by atoms with Crippen molar-refractivity contribution >= 4 is 17.2 Å². The molecule has 0 radical (unpaired) electrons. The maximum absolute atomic E-state index is 13.2. The summed E-state index contributed by atoms with van der Waals surface area (Å²) in [5.74, 6) is 1.43. The van der Waals surface area contributed by atoms with Gasteiger partial charge < -0.3 is 19.9 Å². The molecule has 4 saturated carbocycles. The summed E-state index contributed by atoms with van der Waals surface area (Å²) in [4.78, 5) is 18.6.